The minimum absolute atomic E-state index is 0.444. The lowest BCUT2D eigenvalue weighted by molar-refractivity contribution is 0.256. The topological polar surface area (TPSA) is 48.1 Å². The largest absolute Gasteiger partial charge is 0.399 e. The standard InChI is InChI=1S/C27H41N5/c1-7-11-21-16-20(5)17-26(21)32-25(8-2)23-13-12-22(28)18-24(23)29-27(32)19-31(10-4)15-14-30(6)9-3/h8,12-13,16-18,20H,7,9-11,14-15,19,28H2,1-6H3. The van der Waals surface area contributed by atoms with Crippen LogP contribution in [0.5, 0.6) is 0 Å². The van der Waals surface area contributed by atoms with Crippen LogP contribution in [-0.2, 0) is 0 Å². The lowest BCUT2D eigenvalue weighted by Gasteiger charge is -2.37. The van der Waals surface area contributed by atoms with Crippen molar-refractivity contribution in [1.82, 2.24) is 14.7 Å². The summed E-state index contributed by atoms with van der Waals surface area (Å²) in [5.41, 5.74) is 12.9. The maximum absolute atomic E-state index is 6.14. The van der Waals surface area contributed by atoms with E-state index in [1.807, 2.05) is 12.1 Å². The fourth-order valence-electron chi connectivity index (χ4n) is 4.49. The van der Waals surface area contributed by atoms with E-state index < -0.39 is 0 Å². The molecule has 2 N–H and O–H groups in total. The Hall–Kier alpha value is -2.37. The highest BCUT2D eigenvalue weighted by molar-refractivity contribution is 6.01. The molecule has 0 aromatic heterocycles. The monoisotopic (exact) mass is 435 g/mol. The van der Waals surface area contributed by atoms with Gasteiger partial charge in [0, 0.05) is 30.0 Å². The Morgan fingerprint density at radius 2 is 1.91 bits per heavy atom. The molecule has 0 saturated carbocycles. The zero-order valence-electron chi connectivity index (χ0n) is 20.9. The van der Waals surface area contributed by atoms with Gasteiger partial charge in [-0.15, -0.1) is 0 Å². The van der Waals surface area contributed by atoms with E-state index in [1.54, 1.807) is 0 Å². The summed E-state index contributed by atoms with van der Waals surface area (Å²) in [4.78, 5) is 12.4. The Morgan fingerprint density at radius 1 is 1.12 bits per heavy atom. The van der Waals surface area contributed by atoms with Crippen molar-refractivity contribution in [3.63, 3.8) is 0 Å². The molecule has 32 heavy (non-hydrogen) atoms. The van der Waals surface area contributed by atoms with Gasteiger partial charge in [0.15, 0.2) is 0 Å². The van der Waals surface area contributed by atoms with E-state index in [4.69, 9.17) is 10.7 Å². The van der Waals surface area contributed by atoms with Crippen molar-refractivity contribution >= 4 is 22.9 Å². The number of nitrogens with zero attached hydrogens (tertiary/aromatic N) is 4. The van der Waals surface area contributed by atoms with Gasteiger partial charge in [-0.3, -0.25) is 9.80 Å². The number of aliphatic imine (C=N–C) groups is 1. The van der Waals surface area contributed by atoms with Gasteiger partial charge in [-0.2, -0.15) is 0 Å². The zero-order chi connectivity index (χ0) is 23.3. The van der Waals surface area contributed by atoms with Gasteiger partial charge in [-0.05, 0) is 63.2 Å². The second-order valence-corrected chi connectivity index (χ2v) is 8.93. The highest BCUT2D eigenvalue weighted by Crippen LogP contribution is 2.41. The second kappa shape index (κ2) is 11.0. The van der Waals surface area contributed by atoms with Gasteiger partial charge in [-0.25, -0.2) is 4.99 Å². The van der Waals surface area contributed by atoms with Crippen LogP contribution in [0.2, 0.25) is 0 Å². The van der Waals surface area contributed by atoms with Crippen LogP contribution in [0, 0.1) is 5.92 Å². The number of hydrogen-bond donors (Lipinski definition) is 1. The predicted molar refractivity (Wildman–Crippen MR) is 139 cm³/mol. The van der Waals surface area contributed by atoms with E-state index in [-0.39, 0.29) is 0 Å². The third-order valence-corrected chi connectivity index (χ3v) is 6.44. The normalized spacial score (nSPS) is 19.5. The van der Waals surface area contributed by atoms with E-state index in [0.717, 1.165) is 68.3 Å². The molecule has 5 heteroatoms. The fourth-order valence-corrected chi connectivity index (χ4v) is 4.49. The predicted octanol–water partition coefficient (Wildman–Crippen LogP) is 5.51. The van der Waals surface area contributed by atoms with E-state index in [1.165, 1.54) is 17.0 Å². The van der Waals surface area contributed by atoms with Gasteiger partial charge in [0.1, 0.15) is 5.84 Å². The van der Waals surface area contributed by atoms with Crippen LogP contribution in [-0.4, -0.2) is 60.3 Å². The number of nitrogens with two attached hydrogens (primary N) is 1. The molecular weight excluding hydrogens is 394 g/mol. The number of amidine groups is 1. The molecule has 0 radical (unpaired) electrons. The van der Waals surface area contributed by atoms with E-state index in [0.29, 0.717) is 5.92 Å². The van der Waals surface area contributed by atoms with Crippen LogP contribution in [0.25, 0.3) is 5.70 Å². The number of likely N-dealkylation sites (N-methyl/N-ethyl adjacent to an activating group) is 2. The summed E-state index contributed by atoms with van der Waals surface area (Å²) in [6.07, 6.45) is 9.25. The van der Waals surface area contributed by atoms with Crippen LogP contribution in [0.15, 0.2) is 52.7 Å². The summed E-state index contributed by atoms with van der Waals surface area (Å²) < 4.78 is 0. The van der Waals surface area contributed by atoms with Crippen LogP contribution in [0.4, 0.5) is 11.4 Å². The summed E-state index contributed by atoms with van der Waals surface area (Å²) in [7, 11) is 2.18. The van der Waals surface area contributed by atoms with Crippen molar-refractivity contribution < 1.29 is 0 Å². The fraction of sp³-hybridized carbons (Fsp3) is 0.519. The van der Waals surface area contributed by atoms with Crippen molar-refractivity contribution in [2.45, 2.75) is 47.5 Å². The van der Waals surface area contributed by atoms with E-state index in [9.17, 15) is 0 Å². The number of nitrogen functional groups attached to an aromatic ring is 1. The quantitative estimate of drug-likeness (QED) is 0.492. The third-order valence-electron chi connectivity index (χ3n) is 6.44. The van der Waals surface area contributed by atoms with E-state index in [2.05, 4.69) is 80.7 Å². The first-order chi connectivity index (χ1) is 15.4. The Kier molecular flexibility index (Phi) is 8.32. The first-order valence-corrected chi connectivity index (χ1v) is 12.2. The number of fused-ring (bicyclic) bond motifs is 1. The summed E-state index contributed by atoms with van der Waals surface area (Å²) in [5.74, 6) is 1.53. The average Bonchev–Trinajstić information content (AvgIpc) is 3.14. The number of anilines is 1. The minimum atomic E-state index is 0.444. The van der Waals surface area contributed by atoms with Crippen molar-refractivity contribution in [3.8, 4) is 0 Å². The van der Waals surface area contributed by atoms with Gasteiger partial charge in [-0.1, -0.05) is 52.3 Å². The summed E-state index contributed by atoms with van der Waals surface area (Å²) in [5, 5.41) is 0. The molecule has 5 nitrogen and oxygen atoms in total. The van der Waals surface area contributed by atoms with Gasteiger partial charge >= 0.3 is 0 Å². The van der Waals surface area contributed by atoms with Crippen LogP contribution >= 0.6 is 0 Å². The molecule has 1 unspecified atom stereocenters. The summed E-state index contributed by atoms with van der Waals surface area (Å²) in [6.45, 7) is 16.0. The molecule has 174 valence electrons. The van der Waals surface area contributed by atoms with Crippen molar-refractivity contribution in [2.75, 3.05) is 45.5 Å². The molecule has 1 atom stereocenters. The Bertz CT molecular complexity index is 924. The lowest BCUT2D eigenvalue weighted by atomic mass is 10.0. The molecule has 0 amide bonds. The van der Waals surface area contributed by atoms with E-state index >= 15 is 0 Å². The van der Waals surface area contributed by atoms with Gasteiger partial charge in [0.2, 0.25) is 0 Å². The molecule has 1 aromatic rings. The lowest BCUT2D eigenvalue weighted by Crippen LogP contribution is -2.43. The van der Waals surface area contributed by atoms with Gasteiger partial charge in [0.05, 0.1) is 17.9 Å². The minimum Gasteiger partial charge on any atom is -0.399 e. The SMILES string of the molecule is CC=C1c2ccc(N)cc2N=C(CN(CC)CCN(C)CC)N1C1=CC(C)C=C1CCC. The Morgan fingerprint density at radius 3 is 2.56 bits per heavy atom. The average molecular weight is 436 g/mol. The highest BCUT2D eigenvalue weighted by Gasteiger charge is 2.31. The van der Waals surface area contributed by atoms with Gasteiger partial charge < -0.3 is 10.6 Å². The molecule has 0 bridgehead atoms. The molecular formula is C27H41N5. The van der Waals surface area contributed by atoms with Crippen LogP contribution < -0.4 is 5.73 Å². The second-order valence-electron chi connectivity index (χ2n) is 8.93. The summed E-state index contributed by atoms with van der Waals surface area (Å²) >= 11 is 0. The molecule has 3 rings (SSSR count). The van der Waals surface area contributed by atoms with Crippen molar-refractivity contribution in [1.29, 1.82) is 0 Å². The molecule has 0 saturated heterocycles. The third kappa shape index (κ3) is 5.33. The Labute approximate surface area is 195 Å². The molecule has 0 fully saturated rings. The molecule has 1 aliphatic carbocycles. The molecule has 1 heterocycles. The Balaban J connectivity index is 2.03. The molecule has 2 aliphatic rings. The molecule has 0 spiro atoms. The molecule has 1 aromatic carbocycles. The maximum atomic E-state index is 6.14. The van der Waals surface area contributed by atoms with Crippen molar-refractivity contribution in [2.24, 2.45) is 10.9 Å². The smallest absolute Gasteiger partial charge is 0.128 e. The van der Waals surface area contributed by atoms with Crippen LogP contribution in [0.3, 0.4) is 0 Å². The van der Waals surface area contributed by atoms with Gasteiger partial charge in [0.25, 0.3) is 0 Å². The zero-order valence-corrected chi connectivity index (χ0v) is 20.9. The first-order valence-electron chi connectivity index (χ1n) is 12.2. The summed E-state index contributed by atoms with van der Waals surface area (Å²) in [6, 6.07) is 6.10. The number of benzene rings is 1. The number of hydrogen-bond acceptors (Lipinski definition) is 5. The number of rotatable bonds is 10. The first kappa shape index (κ1) is 24.3. The molecule has 1 aliphatic heterocycles. The number of allylic oxidation sites excluding steroid dienone is 4. The highest BCUT2D eigenvalue weighted by atomic mass is 15.3. The maximum Gasteiger partial charge on any atom is 0.128 e. The van der Waals surface area contributed by atoms with Crippen LogP contribution in [0.1, 0.15) is 53.0 Å². The van der Waals surface area contributed by atoms with Crippen molar-refractivity contribution in [3.05, 3.63) is 53.3 Å².